The molecule has 0 unspecified atom stereocenters. The van der Waals surface area contributed by atoms with E-state index in [9.17, 15) is 8.42 Å². The lowest BCUT2D eigenvalue weighted by Crippen LogP contribution is -2.49. The van der Waals surface area contributed by atoms with E-state index in [2.05, 4.69) is 28.7 Å². The summed E-state index contributed by atoms with van der Waals surface area (Å²) in [7, 11) is -3.30. The molecule has 0 radical (unpaired) electrons. The summed E-state index contributed by atoms with van der Waals surface area (Å²) in [5.41, 5.74) is 1.82. The first-order valence-electron chi connectivity index (χ1n) is 8.55. The van der Waals surface area contributed by atoms with E-state index in [1.54, 1.807) is 10.5 Å². The van der Waals surface area contributed by atoms with E-state index in [1.807, 2.05) is 36.4 Å². The molecule has 1 aliphatic rings. The normalized spacial score (nSPS) is 16.4. The molecule has 3 rings (SSSR count). The largest absolute Gasteiger partial charge is 0.338 e. The van der Waals surface area contributed by atoms with Crippen LogP contribution in [0.2, 0.25) is 0 Å². The summed E-state index contributed by atoms with van der Waals surface area (Å²) in [4.78, 5) is 11.0. The molecule has 6 nitrogen and oxygen atoms in total. The molecule has 0 atom stereocenters. The number of nitrogens with zero attached hydrogens (tertiary/aromatic N) is 4. The van der Waals surface area contributed by atoms with E-state index < -0.39 is 10.0 Å². The second-order valence-corrected chi connectivity index (χ2v) is 8.53. The maximum atomic E-state index is 12.6. The first-order valence-corrected chi connectivity index (χ1v) is 10.2. The van der Waals surface area contributed by atoms with Crippen LogP contribution in [0.1, 0.15) is 31.0 Å². The molecule has 7 heteroatoms. The summed E-state index contributed by atoms with van der Waals surface area (Å²) in [5, 5.41) is 0. The molecule has 1 aromatic heterocycles. The minimum Gasteiger partial charge on any atom is -0.338 e. The molecule has 134 valence electrons. The quantitative estimate of drug-likeness (QED) is 0.818. The van der Waals surface area contributed by atoms with Crippen molar-refractivity contribution in [3.8, 4) is 0 Å². The highest BCUT2D eigenvalue weighted by Crippen LogP contribution is 2.18. The molecular formula is C18H24N4O2S. The fourth-order valence-corrected chi connectivity index (χ4v) is 4.39. The molecule has 1 fully saturated rings. The van der Waals surface area contributed by atoms with Gasteiger partial charge in [0.25, 0.3) is 0 Å². The van der Waals surface area contributed by atoms with Crippen LogP contribution in [0, 0.1) is 0 Å². The van der Waals surface area contributed by atoms with E-state index in [0.29, 0.717) is 38.0 Å². The van der Waals surface area contributed by atoms with Crippen molar-refractivity contribution in [2.75, 3.05) is 31.1 Å². The maximum Gasteiger partial charge on any atom is 0.225 e. The minimum atomic E-state index is -3.30. The van der Waals surface area contributed by atoms with E-state index in [0.717, 1.165) is 11.3 Å². The molecule has 1 aromatic carbocycles. The summed E-state index contributed by atoms with van der Waals surface area (Å²) in [6.45, 7) is 6.33. The van der Waals surface area contributed by atoms with Gasteiger partial charge < -0.3 is 4.90 Å². The van der Waals surface area contributed by atoms with Crippen LogP contribution in [0.5, 0.6) is 0 Å². The van der Waals surface area contributed by atoms with Gasteiger partial charge in [-0.15, -0.1) is 0 Å². The van der Waals surface area contributed by atoms with Crippen molar-refractivity contribution >= 4 is 16.0 Å². The SMILES string of the molecule is CC(C)c1ccnc(N2CCN(S(=O)(=O)Cc3ccccc3)CC2)n1. The second kappa shape index (κ2) is 7.49. The number of rotatable bonds is 5. The Labute approximate surface area is 149 Å². The van der Waals surface area contributed by atoms with Gasteiger partial charge in [0.05, 0.1) is 5.75 Å². The summed E-state index contributed by atoms with van der Waals surface area (Å²) in [6, 6.07) is 11.2. The fraction of sp³-hybridized carbons (Fsp3) is 0.444. The van der Waals surface area contributed by atoms with Gasteiger partial charge in [-0.1, -0.05) is 44.2 Å². The standard InChI is InChI=1S/C18H24N4O2S/c1-15(2)17-8-9-19-18(20-17)21-10-12-22(13-11-21)25(23,24)14-16-6-4-3-5-7-16/h3-9,15H,10-14H2,1-2H3. The Kier molecular flexibility index (Phi) is 5.34. The average molecular weight is 360 g/mol. The van der Waals surface area contributed by atoms with Crippen LogP contribution in [-0.4, -0.2) is 48.9 Å². The Morgan fingerprint density at radius 3 is 2.36 bits per heavy atom. The monoisotopic (exact) mass is 360 g/mol. The zero-order chi connectivity index (χ0) is 17.9. The molecule has 0 N–H and O–H groups in total. The van der Waals surface area contributed by atoms with Crippen LogP contribution >= 0.6 is 0 Å². The topological polar surface area (TPSA) is 66.4 Å². The van der Waals surface area contributed by atoms with E-state index in [1.165, 1.54) is 0 Å². The van der Waals surface area contributed by atoms with Crippen LogP contribution in [0.3, 0.4) is 0 Å². The summed E-state index contributed by atoms with van der Waals surface area (Å²) < 4.78 is 26.8. The number of aromatic nitrogens is 2. The van der Waals surface area contributed by atoms with Crippen LogP contribution in [0.15, 0.2) is 42.6 Å². The van der Waals surface area contributed by atoms with Crippen LogP contribution < -0.4 is 4.90 Å². The molecule has 25 heavy (non-hydrogen) atoms. The third-order valence-corrected chi connectivity index (χ3v) is 6.21. The lowest BCUT2D eigenvalue weighted by Gasteiger charge is -2.34. The zero-order valence-corrected chi connectivity index (χ0v) is 15.5. The van der Waals surface area contributed by atoms with Gasteiger partial charge >= 0.3 is 0 Å². The van der Waals surface area contributed by atoms with Crippen LogP contribution in [0.4, 0.5) is 5.95 Å². The Morgan fingerprint density at radius 2 is 1.72 bits per heavy atom. The fourth-order valence-electron chi connectivity index (χ4n) is 2.88. The Bertz CT molecular complexity index is 801. The minimum absolute atomic E-state index is 0.0488. The van der Waals surface area contributed by atoms with E-state index >= 15 is 0 Å². The number of benzene rings is 1. The maximum absolute atomic E-state index is 12.6. The highest BCUT2D eigenvalue weighted by atomic mass is 32.2. The third-order valence-electron chi connectivity index (χ3n) is 4.36. The predicted octanol–water partition coefficient (Wildman–Crippen LogP) is 2.25. The van der Waals surface area contributed by atoms with Gasteiger partial charge in [-0.3, -0.25) is 0 Å². The molecule has 1 aliphatic heterocycles. The average Bonchev–Trinajstić information content (AvgIpc) is 2.62. The van der Waals surface area contributed by atoms with Crippen LogP contribution in [-0.2, 0) is 15.8 Å². The molecule has 0 amide bonds. The van der Waals surface area contributed by atoms with Crippen molar-refractivity contribution in [2.24, 2.45) is 0 Å². The van der Waals surface area contributed by atoms with Gasteiger partial charge in [-0.2, -0.15) is 4.31 Å². The van der Waals surface area contributed by atoms with Gasteiger partial charge in [0.15, 0.2) is 0 Å². The first-order chi connectivity index (χ1) is 12.0. The lowest BCUT2D eigenvalue weighted by molar-refractivity contribution is 0.382. The Morgan fingerprint density at radius 1 is 1.04 bits per heavy atom. The number of hydrogen-bond donors (Lipinski definition) is 0. The van der Waals surface area contributed by atoms with Crippen molar-refractivity contribution in [3.63, 3.8) is 0 Å². The third kappa shape index (κ3) is 4.35. The molecule has 2 heterocycles. The van der Waals surface area contributed by atoms with Gasteiger partial charge in [0, 0.05) is 38.1 Å². The molecule has 0 saturated carbocycles. The molecular weight excluding hydrogens is 336 g/mol. The Hall–Kier alpha value is -1.99. The van der Waals surface area contributed by atoms with Gasteiger partial charge in [0.2, 0.25) is 16.0 Å². The van der Waals surface area contributed by atoms with Crippen molar-refractivity contribution in [2.45, 2.75) is 25.5 Å². The summed E-state index contributed by atoms with van der Waals surface area (Å²) in [5.74, 6) is 1.08. The van der Waals surface area contributed by atoms with Gasteiger partial charge in [0.1, 0.15) is 0 Å². The van der Waals surface area contributed by atoms with Crippen molar-refractivity contribution < 1.29 is 8.42 Å². The van der Waals surface area contributed by atoms with E-state index in [4.69, 9.17) is 0 Å². The Balaban J connectivity index is 1.64. The zero-order valence-electron chi connectivity index (χ0n) is 14.7. The smallest absolute Gasteiger partial charge is 0.225 e. The number of piperazine rings is 1. The molecule has 0 bridgehead atoms. The van der Waals surface area contributed by atoms with Crippen LogP contribution in [0.25, 0.3) is 0 Å². The van der Waals surface area contributed by atoms with Crippen molar-refractivity contribution in [3.05, 3.63) is 53.9 Å². The summed E-state index contributed by atoms with van der Waals surface area (Å²) >= 11 is 0. The van der Waals surface area contributed by atoms with Crippen molar-refractivity contribution in [1.29, 1.82) is 0 Å². The number of hydrogen-bond acceptors (Lipinski definition) is 5. The molecule has 1 saturated heterocycles. The lowest BCUT2D eigenvalue weighted by atomic mass is 10.1. The van der Waals surface area contributed by atoms with E-state index in [-0.39, 0.29) is 5.75 Å². The van der Waals surface area contributed by atoms with Crippen molar-refractivity contribution in [1.82, 2.24) is 14.3 Å². The molecule has 0 aliphatic carbocycles. The highest BCUT2D eigenvalue weighted by molar-refractivity contribution is 7.88. The second-order valence-electron chi connectivity index (χ2n) is 6.56. The summed E-state index contributed by atoms with van der Waals surface area (Å²) in [6.07, 6.45) is 1.77. The van der Waals surface area contributed by atoms with Gasteiger partial charge in [-0.25, -0.2) is 18.4 Å². The number of anilines is 1. The predicted molar refractivity (Wildman–Crippen MR) is 99.0 cm³/mol. The van der Waals surface area contributed by atoms with Gasteiger partial charge in [-0.05, 0) is 17.5 Å². The highest BCUT2D eigenvalue weighted by Gasteiger charge is 2.28. The number of sulfonamides is 1. The molecule has 0 spiro atoms. The molecule has 2 aromatic rings. The first kappa shape index (κ1) is 17.8.